The molecule has 3 saturated carbocycles. The highest BCUT2D eigenvalue weighted by molar-refractivity contribution is 6.69. The van der Waals surface area contributed by atoms with Gasteiger partial charge in [0.2, 0.25) is 0 Å². The van der Waals surface area contributed by atoms with Crippen LogP contribution in [0.3, 0.4) is 0 Å². The van der Waals surface area contributed by atoms with Gasteiger partial charge in [0.1, 0.15) is 0 Å². The normalized spacial score (nSPS) is 43.1. The van der Waals surface area contributed by atoms with Gasteiger partial charge in [0.25, 0.3) is 0 Å². The number of fused-ring (bicyclic) bond motifs is 5. The zero-order chi connectivity index (χ0) is 24.2. The van der Waals surface area contributed by atoms with Gasteiger partial charge >= 0.3 is 0 Å². The zero-order valence-electron chi connectivity index (χ0n) is 23.4. The van der Waals surface area contributed by atoms with Gasteiger partial charge in [-0.05, 0) is 123 Å². The Bertz CT molecular complexity index is 759. The number of hydrogen-bond acceptors (Lipinski definition) is 1. The third kappa shape index (κ3) is 4.86. The minimum Gasteiger partial charge on any atom is -0.415 e. The van der Waals surface area contributed by atoms with Gasteiger partial charge < -0.3 is 4.43 Å². The lowest BCUT2D eigenvalue weighted by Gasteiger charge is -2.58. The molecule has 0 aromatic heterocycles. The van der Waals surface area contributed by atoms with Crippen molar-refractivity contribution in [2.45, 2.75) is 119 Å². The molecule has 188 valence electrons. The summed E-state index contributed by atoms with van der Waals surface area (Å²) < 4.78 is 6.60. The summed E-state index contributed by atoms with van der Waals surface area (Å²) >= 11 is 0. The van der Waals surface area contributed by atoms with Gasteiger partial charge in [-0.3, -0.25) is 0 Å². The molecule has 0 bridgehead atoms. The van der Waals surface area contributed by atoms with Crippen LogP contribution in [-0.4, -0.2) is 14.4 Å². The maximum Gasteiger partial charge on any atom is 0.184 e. The van der Waals surface area contributed by atoms with E-state index < -0.39 is 8.32 Å². The molecule has 2 heteroatoms. The Morgan fingerprint density at radius 3 is 2.24 bits per heavy atom. The fraction of sp³-hybridized carbons (Fsp3) is 0.871. The van der Waals surface area contributed by atoms with E-state index in [2.05, 4.69) is 79.4 Å². The molecular formula is C31H54OSi. The second-order valence-corrected chi connectivity index (χ2v) is 18.9. The molecule has 0 radical (unpaired) electrons. The molecule has 0 aliphatic heterocycles. The van der Waals surface area contributed by atoms with Gasteiger partial charge in [-0.2, -0.15) is 0 Å². The van der Waals surface area contributed by atoms with Crippen LogP contribution >= 0.6 is 0 Å². The largest absolute Gasteiger partial charge is 0.415 e. The van der Waals surface area contributed by atoms with E-state index in [4.69, 9.17) is 4.43 Å². The summed E-state index contributed by atoms with van der Waals surface area (Å²) in [6.45, 7) is 22.0. The van der Waals surface area contributed by atoms with Gasteiger partial charge in [-0.1, -0.05) is 65.3 Å². The topological polar surface area (TPSA) is 9.23 Å². The molecule has 0 aromatic rings. The Kier molecular flexibility index (Phi) is 7.23. The standard InChI is InChI=1S/C31H54OSi/c1-21(2)22(3)10-11-23(4)27-14-15-28-26-13-12-24-20-25(32-33(7,8)9)16-18-30(24,5)29(26)17-19-31(27,28)6/h10-11,13,21-25,27-29H,12,14-20H2,1-9H3/b11-10+/t22-,23+,24?,25?,27+,28-,29-,30-,31+/m0/s1. The second-order valence-electron chi connectivity index (χ2n) is 14.4. The maximum atomic E-state index is 6.60. The molecule has 4 aliphatic rings. The van der Waals surface area contributed by atoms with Gasteiger partial charge in [0.05, 0.1) is 0 Å². The van der Waals surface area contributed by atoms with E-state index in [0.717, 1.165) is 29.6 Å². The van der Waals surface area contributed by atoms with E-state index in [0.29, 0.717) is 28.8 Å². The highest BCUT2D eigenvalue weighted by Gasteiger charge is 2.58. The average molecular weight is 471 g/mol. The predicted octanol–water partition coefficient (Wildman–Crippen LogP) is 9.27. The Labute approximate surface area is 207 Å². The second kappa shape index (κ2) is 9.27. The zero-order valence-corrected chi connectivity index (χ0v) is 24.4. The summed E-state index contributed by atoms with van der Waals surface area (Å²) in [6.07, 6.45) is 19.4. The summed E-state index contributed by atoms with van der Waals surface area (Å²) in [4.78, 5) is 0. The van der Waals surface area contributed by atoms with Crippen molar-refractivity contribution >= 4 is 8.32 Å². The monoisotopic (exact) mass is 470 g/mol. The van der Waals surface area contributed by atoms with Crippen LogP contribution < -0.4 is 0 Å². The summed E-state index contributed by atoms with van der Waals surface area (Å²) in [5, 5.41) is 0. The molecule has 0 saturated heterocycles. The predicted molar refractivity (Wildman–Crippen MR) is 146 cm³/mol. The first-order valence-corrected chi connectivity index (χ1v) is 17.8. The smallest absolute Gasteiger partial charge is 0.184 e. The van der Waals surface area contributed by atoms with E-state index in [1.54, 1.807) is 0 Å². The van der Waals surface area contributed by atoms with Crippen molar-refractivity contribution in [3.8, 4) is 0 Å². The molecule has 33 heavy (non-hydrogen) atoms. The van der Waals surface area contributed by atoms with Gasteiger partial charge in [0.15, 0.2) is 8.32 Å². The number of rotatable bonds is 6. The van der Waals surface area contributed by atoms with Crippen LogP contribution in [0.2, 0.25) is 19.6 Å². The molecule has 3 fully saturated rings. The van der Waals surface area contributed by atoms with Crippen LogP contribution in [-0.2, 0) is 4.43 Å². The van der Waals surface area contributed by atoms with Gasteiger partial charge in [-0.25, -0.2) is 0 Å². The van der Waals surface area contributed by atoms with Gasteiger partial charge in [0, 0.05) is 6.10 Å². The minimum atomic E-state index is -1.45. The van der Waals surface area contributed by atoms with Crippen LogP contribution in [0.25, 0.3) is 0 Å². The SMILES string of the molecule is CC(C)[C@@H](C)/C=C/[C@@H](C)[C@H]1CC[C@H]2C3=CCC4CC(O[Si](C)(C)C)CC[C@]4(C)[C@H]3CC[C@]12C. The molecule has 0 aromatic carbocycles. The fourth-order valence-corrected chi connectivity index (χ4v) is 9.91. The number of allylic oxidation sites excluding steroid dienone is 4. The molecule has 1 nitrogen and oxygen atoms in total. The summed E-state index contributed by atoms with van der Waals surface area (Å²) in [5.41, 5.74) is 2.93. The fourth-order valence-electron chi connectivity index (χ4n) is 8.69. The molecule has 4 aliphatic carbocycles. The van der Waals surface area contributed by atoms with Crippen LogP contribution in [0.5, 0.6) is 0 Å². The van der Waals surface area contributed by atoms with Crippen LogP contribution in [0.15, 0.2) is 23.8 Å². The molecule has 0 spiro atoms. The highest BCUT2D eigenvalue weighted by Crippen LogP contribution is 2.67. The Hall–Kier alpha value is -0.343. The molecular weight excluding hydrogens is 416 g/mol. The lowest BCUT2D eigenvalue weighted by atomic mass is 9.47. The van der Waals surface area contributed by atoms with Crippen LogP contribution in [0.1, 0.15) is 92.9 Å². The van der Waals surface area contributed by atoms with E-state index in [-0.39, 0.29) is 0 Å². The Morgan fingerprint density at radius 2 is 1.58 bits per heavy atom. The molecule has 2 unspecified atom stereocenters. The lowest BCUT2D eigenvalue weighted by Crippen LogP contribution is -2.50. The van der Waals surface area contributed by atoms with E-state index >= 15 is 0 Å². The first kappa shape index (κ1) is 25.7. The molecule has 9 atom stereocenters. The van der Waals surface area contributed by atoms with E-state index in [9.17, 15) is 0 Å². The van der Waals surface area contributed by atoms with Gasteiger partial charge in [-0.15, -0.1) is 0 Å². The summed E-state index contributed by atoms with van der Waals surface area (Å²) in [7, 11) is -1.45. The molecule has 0 heterocycles. The van der Waals surface area contributed by atoms with Crippen LogP contribution in [0.4, 0.5) is 0 Å². The first-order chi connectivity index (χ1) is 15.3. The number of hydrogen-bond donors (Lipinski definition) is 0. The highest BCUT2D eigenvalue weighted by atomic mass is 28.4. The lowest BCUT2D eigenvalue weighted by molar-refractivity contribution is -0.0369. The molecule has 0 N–H and O–H groups in total. The van der Waals surface area contributed by atoms with Crippen molar-refractivity contribution in [2.24, 2.45) is 52.3 Å². The van der Waals surface area contributed by atoms with Crippen molar-refractivity contribution in [3.63, 3.8) is 0 Å². The summed E-state index contributed by atoms with van der Waals surface area (Å²) in [5.74, 6) is 5.50. The van der Waals surface area contributed by atoms with Crippen molar-refractivity contribution in [1.29, 1.82) is 0 Å². The van der Waals surface area contributed by atoms with E-state index in [1.807, 2.05) is 5.57 Å². The van der Waals surface area contributed by atoms with Crippen molar-refractivity contribution in [1.82, 2.24) is 0 Å². The van der Waals surface area contributed by atoms with Crippen molar-refractivity contribution < 1.29 is 4.43 Å². The third-order valence-electron chi connectivity index (χ3n) is 11.0. The van der Waals surface area contributed by atoms with Crippen LogP contribution in [0, 0.1) is 52.3 Å². The maximum absolute atomic E-state index is 6.60. The molecule has 0 amide bonds. The Morgan fingerprint density at radius 1 is 0.909 bits per heavy atom. The average Bonchev–Trinajstić information content (AvgIpc) is 3.08. The third-order valence-corrected chi connectivity index (χ3v) is 12.1. The van der Waals surface area contributed by atoms with Crippen molar-refractivity contribution in [2.75, 3.05) is 0 Å². The molecule has 4 rings (SSSR count). The quantitative estimate of drug-likeness (QED) is 0.277. The first-order valence-electron chi connectivity index (χ1n) is 14.4. The Balaban J connectivity index is 1.50. The van der Waals surface area contributed by atoms with E-state index in [1.165, 1.54) is 51.4 Å². The van der Waals surface area contributed by atoms with Crippen molar-refractivity contribution in [3.05, 3.63) is 23.8 Å². The minimum absolute atomic E-state index is 0.508. The summed E-state index contributed by atoms with van der Waals surface area (Å²) in [6, 6.07) is 0.